The molecule has 4 heteroatoms. The summed E-state index contributed by atoms with van der Waals surface area (Å²) in [6.07, 6.45) is 6.31. The van der Waals surface area contributed by atoms with Crippen molar-refractivity contribution in [2.24, 2.45) is 0 Å². The van der Waals surface area contributed by atoms with E-state index in [-0.39, 0.29) is 6.79 Å². The Morgan fingerprint density at radius 2 is 1.95 bits per heavy atom. The van der Waals surface area contributed by atoms with Crippen LogP contribution in [0, 0.1) is 0 Å². The van der Waals surface area contributed by atoms with Gasteiger partial charge in [0.2, 0.25) is 6.79 Å². The maximum absolute atomic E-state index is 6.24. The van der Waals surface area contributed by atoms with Crippen LogP contribution in [0.15, 0.2) is 12.1 Å². The second kappa shape index (κ2) is 6.90. The Balaban J connectivity index is 1.88. The van der Waals surface area contributed by atoms with Crippen LogP contribution in [-0.4, -0.2) is 12.8 Å². The van der Waals surface area contributed by atoms with Gasteiger partial charge in [0.1, 0.15) is 0 Å². The summed E-state index contributed by atoms with van der Waals surface area (Å²) >= 11 is 6.24. The van der Waals surface area contributed by atoms with Gasteiger partial charge in [-0.05, 0) is 13.3 Å². The number of benzene rings is 1. The maximum Gasteiger partial charge on any atom is 0.231 e. The minimum Gasteiger partial charge on any atom is -0.454 e. The van der Waals surface area contributed by atoms with Gasteiger partial charge in [0.25, 0.3) is 0 Å². The molecule has 1 aliphatic heterocycles. The van der Waals surface area contributed by atoms with E-state index in [2.05, 4.69) is 19.2 Å². The third-order valence-corrected chi connectivity index (χ3v) is 3.67. The highest BCUT2D eigenvalue weighted by atomic mass is 35.5. The highest BCUT2D eigenvalue weighted by Gasteiger charge is 2.17. The number of halogens is 1. The zero-order chi connectivity index (χ0) is 13.7. The number of hydrogen-bond acceptors (Lipinski definition) is 3. The van der Waals surface area contributed by atoms with E-state index in [1.807, 2.05) is 12.1 Å². The van der Waals surface area contributed by atoms with Crippen molar-refractivity contribution in [3.8, 4) is 11.5 Å². The molecular weight excluding hydrogens is 262 g/mol. The van der Waals surface area contributed by atoms with Crippen LogP contribution in [0.3, 0.4) is 0 Å². The molecule has 0 amide bonds. The molecule has 1 heterocycles. The lowest BCUT2D eigenvalue weighted by Crippen LogP contribution is -2.15. The third-order valence-electron chi connectivity index (χ3n) is 3.35. The molecule has 2 rings (SSSR count). The minimum absolute atomic E-state index is 0.279. The van der Waals surface area contributed by atoms with Crippen LogP contribution in [0.5, 0.6) is 11.5 Å². The average Bonchev–Trinajstić information content (AvgIpc) is 2.82. The van der Waals surface area contributed by atoms with Crippen LogP contribution in [0.2, 0.25) is 5.02 Å². The number of hydrogen-bond donors (Lipinski definition) is 1. The van der Waals surface area contributed by atoms with Crippen LogP contribution < -0.4 is 14.8 Å². The molecule has 1 aliphatic rings. The van der Waals surface area contributed by atoms with Crippen molar-refractivity contribution in [2.45, 2.75) is 52.0 Å². The molecule has 0 bridgehead atoms. The highest BCUT2D eigenvalue weighted by molar-refractivity contribution is 6.33. The first-order valence-electron chi connectivity index (χ1n) is 7.06. The van der Waals surface area contributed by atoms with E-state index in [9.17, 15) is 0 Å². The Bertz CT molecular complexity index is 423. The first kappa shape index (κ1) is 14.3. The van der Waals surface area contributed by atoms with Crippen LogP contribution >= 0.6 is 11.6 Å². The Morgan fingerprint density at radius 3 is 2.68 bits per heavy atom. The van der Waals surface area contributed by atoms with Crippen molar-refractivity contribution in [3.05, 3.63) is 17.2 Å². The number of anilines is 1. The number of fused-ring (bicyclic) bond motifs is 1. The largest absolute Gasteiger partial charge is 0.454 e. The lowest BCUT2D eigenvalue weighted by Gasteiger charge is -2.16. The molecule has 1 atom stereocenters. The summed E-state index contributed by atoms with van der Waals surface area (Å²) in [5.41, 5.74) is 0.925. The second-order valence-electron chi connectivity index (χ2n) is 5.08. The van der Waals surface area contributed by atoms with Gasteiger partial charge in [0, 0.05) is 18.2 Å². The minimum atomic E-state index is 0.279. The molecule has 0 aliphatic carbocycles. The molecule has 1 aromatic rings. The number of nitrogens with one attached hydrogen (secondary N) is 1. The number of rotatable bonds is 7. The van der Waals surface area contributed by atoms with Gasteiger partial charge in [-0.1, -0.05) is 44.2 Å². The van der Waals surface area contributed by atoms with Crippen LogP contribution in [-0.2, 0) is 0 Å². The van der Waals surface area contributed by atoms with Crippen molar-refractivity contribution in [1.82, 2.24) is 0 Å². The van der Waals surface area contributed by atoms with Gasteiger partial charge in [-0.15, -0.1) is 0 Å². The van der Waals surface area contributed by atoms with E-state index < -0.39 is 0 Å². The zero-order valence-corrected chi connectivity index (χ0v) is 12.4. The molecule has 0 radical (unpaired) electrons. The smallest absolute Gasteiger partial charge is 0.231 e. The fourth-order valence-electron chi connectivity index (χ4n) is 2.24. The van der Waals surface area contributed by atoms with Gasteiger partial charge < -0.3 is 14.8 Å². The molecule has 0 saturated carbocycles. The van der Waals surface area contributed by atoms with Crippen molar-refractivity contribution >= 4 is 17.3 Å². The topological polar surface area (TPSA) is 30.5 Å². The first-order chi connectivity index (χ1) is 9.20. The van der Waals surface area contributed by atoms with Crippen molar-refractivity contribution in [1.29, 1.82) is 0 Å². The summed E-state index contributed by atoms with van der Waals surface area (Å²) in [7, 11) is 0. The van der Waals surface area contributed by atoms with Crippen LogP contribution in [0.4, 0.5) is 5.69 Å². The van der Waals surface area contributed by atoms with Gasteiger partial charge in [0.15, 0.2) is 11.5 Å². The fraction of sp³-hybridized carbons (Fsp3) is 0.600. The van der Waals surface area contributed by atoms with Crippen molar-refractivity contribution in [2.75, 3.05) is 12.1 Å². The molecule has 1 unspecified atom stereocenters. The second-order valence-corrected chi connectivity index (χ2v) is 5.49. The van der Waals surface area contributed by atoms with E-state index in [4.69, 9.17) is 21.1 Å². The molecule has 1 N–H and O–H groups in total. The normalized spacial score (nSPS) is 14.5. The Morgan fingerprint density at radius 1 is 1.21 bits per heavy atom. The lowest BCUT2D eigenvalue weighted by atomic mass is 10.1. The van der Waals surface area contributed by atoms with E-state index in [0.29, 0.717) is 11.1 Å². The van der Waals surface area contributed by atoms with Crippen molar-refractivity contribution in [3.63, 3.8) is 0 Å². The quantitative estimate of drug-likeness (QED) is 0.726. The van der Waals surface area contributed by atoms with Crippen molar-refractivity contribution < 1.29 is 9.47 Å². The standard InChI is InChI=1S/C15H22ClNO2/c1-3-4-5-6-7-11(2)17-13-9-15-14(8-12(13)16)18-10-19-15/h8-9,11,17H,3-7,10H2,1-2H3. The molecule has 3 nitrogen and oxygen atoms in total. The summed E-state index contributed by atoms with van der Waals surface area (Å²) in [6.45, 7) is 4.70. The third kappa shape index (κ3) is 3.93. The summed E-state index contributed by atoms with van der Waals surface area (Å²) < 4.78 is 10.7. The number of ether oxygens (including phenoxy) is 2. The van der Waals surface area contributed by atoms with Gasteiger partial charge in [-0.2, -0.15) is 0 Å². The predicted octanol–water partition coefficient (Wildman–Crippen LogP) is 4.84. The summed E-state index contributed by atoms with van der Waals surface area (Å²) in [5, 5.41) is 4.13. The van der Waals surface area contributed by atoms with Gasteiger partial charge in [0.05, 0.1) is 10.7 Å². The van der Waals surface area contributed by atoms with E-state index in [1.165, 1.54) is 25.7 Å². The van der Waals surface area contributed by atoms with E-state index in [0.717, 1.165) is 23.6 Å². The monoisotopic (exact) mass is 283 g/mol. The molecule has 0 aromatic heterocycles. The SMILES string of the molecule is CCCCCCC(C)Nc1cc2c(cc1Cl)OCO2. The molecule has 106 valence electrons. The predicted molar refractivity (Wildman–Crippen MR) is 79.4 cm³/mol. The van der Waals surface area contributed by atoms with Crippen LogP contribution in [0.1, 0.15) is 46.0 Å². The average molecular weight is 284 g/mol. The molecular formula is C15H22ClNO2. The highest BCUT2D eigenvalue weighted by Crippen LogP contribution is 2.39. The van der Waals surface area contributed by atoms with Crippen LogP contribution in [0.25, 0.3) is 0 Å². The zero-order valence-electron chi connectivity index (χ0n) is 11.7. The van der Waals surface area contributed by atoms with Gasteiger partial charge >= 0.3 is 0 Å². The maximum atomic E-state index is 6.24. The molecule has 0 fully saturated rings. The van der Waals surface area contributed by atoms with E-state index >= 15 is 0 Å². The summed E-state index contributed by atoms with van der Waals surface area (Å²) in [5.74, 6) is 1.50. The Hall–Kier alpha value is -1.09. The number of unbranched alkanes of at least 4 members (excludes halogenated alkanes) is 3. The molecule has 19 heavy (non-hydrogen) atoms. The first-order valence-corrected chi connectivity index (χ1v) is 7.44. The van der Waals surface area contributed by atoms with Gasteiger partial charge in [-0.25, -0.2) is 0 Å². The Kier molecular flexibility index (Phi) is 5.20. The molecule has 1 aromatic carbocycles. The fourth-order valence-corrected chi connectivity index (χ4v) is 2.45. The summed E-state index contributed by atoms with van der Waals surface area (Å²) in [6, 6.07) is 4.15. The summed E-state index contributed by atoms with van der Waals surface area (Å²) in [4.78, 5) is 0. The lowest BCUT2D eigenvalue weighted by molar-refractivity contribution is 0.174. The van der Waals surface area contributed by atoms with E-state index in [1.54, 1.807) is 0 Å². The molecule has 0 saturated heterocycles. The Labute approximate surface area is 120 Å². The molecule has 0 spiro atoms. The van der Waals surface area contributed by atoms with Gasteiger partial charge in [-0.3, -0.25) is 0 Å².